The number of amides is 2. The highest BCUT2D eigenvalue weighted by atomic mass is 79.9. The molecule has 1 N–H and O–H groups in total. The second kappa shape index (κ2) is 12.3. The second-order valence-corrected chi connectivity index (χ2v) is 9.82. The first-order valence-corrected chi connectivity index (χ1v) is 12.0. The third-order valence-corrected chi connectivity index (χ3v) is 6.11. The Hall–Kier alpha value is -2.05. The minimum atomic E-state index is -0.673. The molecule has 32 heavy (non-hydrogen) atoms. The predicted octanol–water partition coefficient (Wildman–Crippen LogP) is 5.79. The van der Waals surface area contributed by atoms with E-state index in [9.17, 15) is 9.59 Å². The molecule has 1 atom stereocenters. The second-order valence-electron chi connectivity index (χ2n) is 8.56. The van der Waals surface area contributed by atoms with Crippen LogP contribution in [0.25, 0.3) is 0 Å². The van der Waals surface area contributed by atoms with Gasteiger partial charge in [0.1, 0.15) is 11.8 Å². The van der Waals surface area contributed by atoms with Gasteiger partial charge in [0.15, 0.2) is 6.61 Å². The molecule has 0 aliphatic rings. The molecule has 2 rings (SSSR count). The average Bonchev–Trinajstić information content (AvgIpc) is 2.75. The van der Waals surface area contributed by atoms with E-state index in [-0.39, 0.29) is 25.0 Å². The van der Waals surface area contributed by atoms with Crippen LogP contribution in [-0.4, -0.2) is 35.9 Å². The number of rotatable bonds is 10. The van der Waals surface area contributed by atoms with Gasteiger partial charge in [-0.2, -0.15) is 0 Å². The Labute approximate surface area is 204 Å². The van der Waals surface area contributed by atoms with Gasteiger partial charge in [-0.1, -0.05) is 63.6 Å². The van der Waals surface area contributed by atoms with Gasteiger partial charge in [0, 0.05) is 18.1 Å². The van der Waals surface area contributed by atoms with E-state index < -0.39 is 6.04 Å². The maximum absolute atomic E-state index is 13.2. The standard InChI is InChI=1S/C25H32BrClN2O3/c1-16(2)13-28-25(31)18(5)29(14-20-8-6-7-9-22(20)27)24(30)15-32-23-11-10-19(17(3)4)12-21(23)26/h6-12,16-18H,13-15H2,1-5H3,(H,28,31)/t18-/m1/s1. The van der Waals surface area contributed by atoms with E-state index >= 15 is 0 Å². The van der Waals surface area contributed by atoms with E-state index in [1.807, 2.05) is 50.2 Å². The molecule has 0 unspecified atom stereocenters. The number of carbonyl (C=O) groups is 2. The summed E-state index contributed by atoms with van der Waals surface area (Å²) in [5.41, 5.74) is 1.94. The van der Waals surface area contributed by atoms with E-state index in [1.54, 1.807) is 13.0 Å². The van der Waals surface area contributed by atoms with Crippen molar-refractivity contribution >= 4 is 39.3 Å². The van der Waals surface area contributed by atoms with E-state index in [4.69, 9.17) is 16.3 Å². The van der Waals surface area contributed by atoms with Gasteiger partial charge < -0.3 is 15.0 Å². The molecule has 0 heterocycles. The average molecular weight is 524 g/mol. The van der Waals surface area contributed by atoms with Gasteiger partial charge in [-0.25, -0.2) is 0 Å². The number of hydrogen-bond donors (Lipinski definition) is 1. The van der Waals surface area contributed by atoms with Crippen molar-refractivity contribution in [1.29, 1.82) is 0 Å². The van der Waals surface area contributed by atoms with E-state index in [2.05, 4.69) is 35.1 Å². The van der Waals surface area contributed by atoms with Crippen molar-refractivity contribution in [2.24, 2.45) is 5.92 Å². The molecular formula is C25H32BrClN2O3. The van der Waals surface area contributed by atoms with Crippen molar-refractivity contribution in [3.8, 4) is 5.75 Å². The third-order valence-electron chi connectivity index (χ3n) is 5.12. The molecule has 0 aliphatic carbocycles. The fourth-order valence-corrected chi connectivity index (χ4v) is 3.77. The normalized spacial score (nSPS) is 12.0. The first kappa shape index (κ1) is 26.2. The van der Waals surface area contributed by atoms with Crippen LogP contribution in [-0.2, 0) is 16.1 Å². The first-order chi connectivity index (χ1) is 15.1. The quantitative estimate of drug-likeness (QED) is 0.428. The van der Waals surface area contributed by atoms with E-state index in [1.165, 1.54) is 10.5 Å². The van der Waals surface area contributed by atoms with Crippen LogP contribution in [0.5, 0.6) is 5.75 Å². The van der Waals surface area contributed by atoms with Gasteiger partial charge in [-0.05, 0) is 64.0 Å². The number of nitrogens with zero attached hydrogens (tertiary/aromatic N) is 1. The number of halogens is 2. The van der Waals surface area contributed by atoms with E-state index in [0.29, 0.717) is 29.2 Å². The highest BCUT2D eigenvalue weighted by molar-refractivity contribution is 9.10. The molecule has 0 bridgehead atoms. The van der Waals surface area contributed by atoms with Crippen LogP contribution >= 0.6 is 27.5 Å². The highest BCUT2D eigenvalue weighted by Gasteiger charge is 2.27. The molecule has 0 saturated carbocycles. The van der Waals surface area contributed by atoms with Crippen LogP contribution in [0.15, 0.2) is 46.9 Å². The molecule has 0 aliphatic heterocycles. The van der Waals surface area contributed by atoms with Crippen molar-refractivity contribution in [3.05, 3.63) is 63.1 Å². The number of hydrogen-bond acceptors (Lipinski definition) is 3. The third kappa shape index (κ3) is 7.52. The SMILES string of the molecule is CC(C)CNC(=O)[C@@H](C)N(Cc1ccccc1Cl)C(=O)COc1ccc(C(C)C)cc1Br. The molecule has 2 aromatic rings. The van der Waals surface area contributed by atoms with Crippen LogP contribution in [0.1, 0.15) is 51.7 Å². The predicted molar refractivity (Wildman–Crippen MR) is 133 cm³/mol. The fourth-order valence-electron chi connectivity index (χ4n) is 3.06. The highest BCUT2D eigenvalue weighted by Crippen LogP contribution is 2.29. The minimum Gasteiger partial charge on any atom is -0.483 e. The molecule has 2 aromatic carbocycles. The summed E-state index contributed by atoms with van der Waals surface area (Å²) in [7, 11) is 0. The summed E-state index contributed by atoms with van der Waals surface area (Å²) in [5.74, 6) is 0.780. The minimum absolute atomic E-state index is 0.189. The molecule has 0 aromatic heterocycles. The summed E-state index contributed by atoms with van der Waals surface area (Å²) in [4.78, 5) is 27.4. The van der Waals surface area contributed by atoms with Gasteiger partial charge in [0.25, 0.3) is 5.91 Å². The Morgan fingerprint density at radius 1 is 1.09 bits per heavy atom. The Morgan fingerprint density at radius 2 is 1.78 bits per heavy atom. The molecular weight excluding hydrogens is 492 g/mol. The molecule has 5 nitrogen and oxygen atoms in total. The van der Waals surface area contributed by atoms with E-state index in [0.717, 1.165) is 10.0 Å². The smallest absolute Gasteiger partial charge is 0.261 e. The topological polar surface area (TPSA) is 58.6 Å². The Morgan fingerprint density at radius 3 is 2.38 bits per heavy atom. The van der Waals surface area contributed by atoms with Crippen molar-refractivity contribution in [2.75, 3.05) is 13.2 Å². The number of ether oxygens (including phenoxy) is 1. The number of carbonyl (C=O) groups excluding carboxylic acids is 2. The van der Waals surface area contributed by atoms with Crippen LogP contribution in [0.4, 0.5) is 0 Å². The summed E-state index contributed by atoms with van der Waals surface area (Å²) in [6.07, 6.45) is 0. The van der Waals surface area contributed by atoms with Crippen molar-refractivity contribution < 1.29 is 14.3 Å². The summed E-state index contributed by atoms with van der Waals surface area (Å²) in [5, 5.41) is 3.45. The zero-order valence-electron chi connectivity index (χ0n) is 19.3. The van der Waals surface area contributed by atoms with Gasteiger partial charge >= 0.3 is 0 Å². The Bertz CT molecular complexity index is 933. The lowest BCUT2D eigenvalue weighted by atomic mass is 10.0. The van der Waals surface area contributed by atoms with Crippen molar-refractivity contribution in [2.45, 2.75) is 53.1 Å². The molecule has 0 saturated heterocycles. The largest absolute Gasteiger partial charge is 0.483 e. The summed E-state index contributed by atoms with van der Waals surface area (Å²) >= 11 is 9.84. The van der Waals surface area contributed by atoms with Crippen LogP contribution in [0.2, 0.25) is 5.02 Å². The van der Waals surface area contributed by atoms with Crippen LogP contribution < -0.4 is 10.1 Å². The maximum Gasteiger partial charge on any atom is 0.261 e. The lowest BCUT2D eigenvalue weighted by Gasteiger charge is -2.29. The number of nitrogens with one attached hydrogen (secondary N) is 1. The van der Waals surface area contributed by atoms with Gasteiger partial charge in [0.2, 0.25) is 5.91 Å². The lowest BCUT2D eigenvalue weighted by molar-refractivity contribution is -0.142. The first-order valence-electron chi connectivity index (χ1n) is 10.8. The van der Waals surface area contributed by atoms with Gasteiger partial charge in [-0.15, -0.1) is 0 Å². The molecule has 2 amide bonds. The van der Waals surface area contributed by atoms with Crippen LogP contribution in [0, 0.1) is 5.92 Å². The lowest BCUT2D eigenvalue weighted by Crippen LogP contribution is -2.49. The zero-order chi connectivity index (χ0) is 23.8. The zero-order valence-corrected chi connectivity index (χ0v) is 21.7. The Kier molecular flexibility index (Phi) is 10.0. The van der Waals surface area contributed by atoms with Crippen molar-refractivity contribution in [1.82, 2.24) is 10.2 Å². The molecule has 0 spiro atoms. The van der Waals surface area contributed by atoms with Crippen molar-refractivity contribution in [3.63, 3.8) is 0 Å². The monoisotopic (exact) mass is 522 g/mol. The summed E-state index contributed by atoms with van der Waals surface area (Å²) in [6, 6.07) is 12.5. The molecule has 7 heteroatoms. The molecule has 174 valence electrons. The fraction of sp³-hybridized carbons (Fsp3) is 0.440. The van der Waals surface area contributed by atoms with Gasteiger partial charge in [-0.3, -0.25) is 9.59 Å². The molecule has 0 radical (unpaired) electrons. The molecule has 0 fully saturated rings. The Balaban J connectivity index is 2.17. The maximum atomic E-state index is 13.2. The van der Waals surface area contributed by atoms with Gasteiger partial charge in [0.05, 0.1) is 4.47 Å². The van der Waals surface area contributed by atoms with Crippen LogP contribution in [0.3, 0.4) is 0 Å². The number of benzene rings is 2. The summed E-state index contributed by atoms with van der Waals surface area (Å²) in [6.45, 7) is 10.6. The summed E-state index contributed by atoms with van der Waals surface area (Å²) < 4.78 is 6.60.